The summed E-state index contributed by atoms with van der Waals surface area (Å²) in [5, 5.41) is 8.39. The summed E-state index contributed by atoms with van der Waals surface area (Å²) in [7, 11) is 0. The van der Waals surface area contributed by atoms with Gasteiger partial charge < -0.3 is 10.1 Å². The molecule has 1 heterocycles. The Morgan fingerprint density at radius 2 is 2.23 bits per heavy atom. The zero-order valence-corrected chi connectivity index (χ0v) is 7.62. The summed E-state index contributed by atoms with van der Waals surface area (Å²) >= 11 is 0. The highest BCUT2D eigenvalue weighted by Crippen LogP contribution is 2.05. The number of hydrogen-bond donors (Lipinski definition) is 2. The Kier molecular flexibility index (Phi) is 4.09. The molecular formula is C10H15NO2. The van der Waals surface area contributed by atoms with E-state index >= 15 is 0 Å². The van der Waals surface area contributed by atoms with Gasteiger partial charge in [-0.3, -0.25) is 4.79 Å². The van der Waals surface area contributed by atoms with Gasteiger partial charge in [0.1, 0.15) is 0 Å². The van der Waals surface area contributed by atoms with Gasteiger partial charge in [0.05, 0.1) is 0 Å². The number of aliphatic carboxylic acids is 1. The Hall–Kier alpha value is -1.25. The Labute approximate surface area is 77.8 Å². The van der Waals surface area contributed by atoms with Crippen LogP contribution in [0.3, 0.4) is 0 Å². The number of carbonyl (C=O) groups is 1. The normalized spacial score (nSPS) is 10.2. The minimum atomic E-state index is -0.695. The molecule has 0 amide bonds. The molecule has 0 unspecified atom stereocenters. The van der Waals surface area contributed by atoms with Gasteiger partial charge in [-0.25, -0.2) is 0 Å². The molecule has 72 valence electrons. The maximum absolute atomic E-state index is 10.2. The van der Waals surface area contributed by atoms with E-state index in [1.165, 1.54) is 5.69 Å². The lowest BCUT2D eigenvalue weighted by molar-refractivity contribution is -0.137. The van der Waals surface area contributed by atoms with Crippen LogP contribution in [-0.4, -0.2) is 16.1 Å². The van der Waals surface area contributed by atoms with Crippen LogP contribution in [0.2, 0.25) is 0 Å². The van der Waals surface area contributed by atoms with E-state index in [0.29, 0.717) is 6.42 Å². The third-order valence-electron chi connectivity index (χ3n) is 2.00. The zero-order chi connectivity index (χ0) is 9.52. The van der Waals surface area contributed by atoms with Crippen LogP contribution < -0.4 is 0 Å². The molecule has 0 bridgehead atoms. The fraction of sp³-hybridized carbons (Fsp3) is 0.500. The Morgan fingerprint density at radius 1 is 1.38 bits per heavy atom. The molecule has 0 radical (unpaired) electrons. The van der Waals surface area contributed by atoms with Gasteiger partial charge in [0.25, 0.3) is 0 Å². The van der Waals surface area contributed by atoms with Gasteiger partial charge >= 0.3 is 5.97 Å². The minimum absolute atomic E-state index is 0.296. The number of H-pyrrole nitrogens is 1. The molecule has 0 aliphatic rings. The maximum Gasteiger partial charge on any atom is 0.303 e. The van der Waals surface area contributed by atoms with Gasteiger partial charge in [0, 0.05) is 18.3 Å². The number of carboxylic acid groups (broad SMARTS) is 1. The largest absolute Gasteiger partial charge is 0.481 e. The lowest BCUT2D eigenvalue weighted by Crippen LogP contribution is -1.94. The molecule has 3 nitrogen and oxygen atoms in total. The fourth-order valence-electron chi connectivity index (χ4n) is 1.29. The SMILES string of the molecule is O=C(O)CCCCCc1ccc[nH]1. The first kappa shape index (κ1) is 9.84. The fourth-order valence-corrected chi connectivity index (χ4v) is 1.29. The van der Waals surface area contributed by atoms with Crippen molar-refractivity contribution in [2.45, 2.75) is 32.1 Å². The molecule has 3 heteroatoms. The molecule has 0 fully saturated rings. The topological polar surface area (TPSA) is 53.1 Å². The van der Waals surface area contributed by atoms with Crippen molar-refractivity contribution in [2.75, 3.05) is 0 Å². The van der Waals surface area contributed by atoms with E-state index in [2.05, 4.69) is 11.1 Å². The molecule has 13 heavy (non-hydrogen) atoms. The highest BCUT2D eigenvalue weighted by atomic mass is 16.4. The molecule has 0 aliphatic heterocycles. The van der Waals surface area contributed by atoms with Gasteiger partial charge in [-0.2, -0.15) is 0 Å². The Balaban J connectivity index is 1.99. The van der Waals surface area contributed by atoms with Crippen molar-refractivity contribution in [3.05, 3.63) is 24.0 Å². The van der Waals surface area contributed by atoms with Crippen molar-refractivity contribution in [3.8, 4) is 0 Å². The molecule has 1 rings (SSSR count). The molecule has 1 aromatic heterocycles. The first-order valence-electron chi connectivity index (χ1n) is 4.63. The Bertz CT molecular complexity index is 241. The van der Waals surface area contributed by atoms with Gasteiger partial charge in [0.15, 0.2) is 0 Å². The molecule has 0 aromatic carbocycles. The number of unbranched alkanes of at least 4 members (excludes halogenated alkanes) is 2. The second-order valence-electron chi connectivity index (χ2n) is 3.15. The van der Waals surface area contributed by atoms with Crippen LogP contribution in [0.5, 0.6) is 0 Å². The molecule has 0 saturated heterocycles. The molecule has 0 atom stereocenters. The van der Waals surface area contributed by atoms with Gasteiger partial charge in [0.2, 0.25) is 0 Å². The summed E-state index contributed by atoms with van der Waals surface area (Å²) in [6.45, 7) is 0. The average Bonchev–Trinajstić information content (AvgIpc) is 2.55. The van der Waals surface area contributed by atoms with E-state index in [4.69, 9.17) is 5.11 Å². The molecule has 2 N–H and O–H groups in total. The van der Waals surface area contributed by atoms with Crippen LogP contribution in [-0.2, 0) is 11.2 Å². The third kappa shape index (κ3) is 4.35. The lowest BCUT2D eigenvalue weighted by Gasteiger charge is -1.97. The summed E-state index contributed by atoms with van der Waals surface area (Å²) in [6.07, 6.45) is 6.07. The summed E-state index contributed by atoms with van der Waals surface area (Å²) in [4.78, 5) is 13.3. The number of aryl methyl sites for hydroxylation is 1. The second kappa shape index (κ2) is 5.41. The van der Waals surface area contributed by atoms with Crippen LogP contribution in [0.15, 0.2) is 18.3 Å². The van der Waals surface area contributed by atoms with Crippen LogP contribution in [0, 0.1) is 0 Å². The smallest absolute Gasteiger partial charge is 0.303 e. The van der Waals surface area contributed by atoms with Gasteiger partial charge in [-0.1, -0.05) is 6.42 Å². The lowest BCUT2D eigenvalue weighted by atomic mass is 10.1. The van der Waals surface area contributed by atoms with Crippen LogP contribution in [0.1, 0.15) is 31.4 Å². The predicted octanol–water partition coefficient (Wildman–Crippen LogP) is 2.20. The number of carboxylic acids is 1. The number of aromatic amines is 1. The highest BCUT2D eigenvalue weighted by Gasteiger charge is 1.97. The van der Waals surface area contributed by atoms with Crippen molar-refractivity contribution in [2.24, 2.45) is 0 Å². The number of hydrogen-bond acceptors (Lipinski definition) is 1. The standard InChI is InChI=1S/C10H15NO2/c12-10(13)7-3-1-2-5-9-6-4-8-11-9/h4,6,8,11H,1-3,5,7H2,(H,12,13). The van der Waals surface area contributed by atoms with E-state index in [0.717, 1.165) is 25.7 Å². The minimum Gasteiger partial charge on any atom is -0.481 e. The van der Waals surface area contributed by atoms with Crippen LogP contribution in [0.25, 0.3) is 0 Å². The number of rotatable bonds is 6. The Morgan fingerprint density at radius 3 is 2.85 bits per heavy atom. The molecule has 0 saturated carbocycles. The van der Waals surface area contributed by atoms with E-state index in [9.17, 15) is 4.79 Å². The predicted molar refractivity (Wildman–Crippen MR) is 50.6 cm³/mol. The number of aromatic nitrogens is 1. The van der Waals surface area contributed by atoms with Crippen LogP contribution in [0.4, 0.5) is 0 Å². The van der Waals surface area contributed by atoms with E-state index < -0.39 is 5.97 Å². The number of nitrogens with one attached hydrogen (secondary N) is 1. The van der Waals surface area contributed by atoms with Crippen molar-refractivity contribution in [1.29, 1.82) is 0 Å². The summed E-state index contributed by atoms with van der Waals surface area (Å²) in [5.41, 5.74) is 1.23. The summed E-state index contributed by atoms with van der Waals surface area (Å²) in [6, 6.07) is 4.03. The molecule has 0 spiro atoms. The van der Waals surface area contributed by atoms with Crippen LogP contribution >= 0.6 is 0 Å². The van der Waals surface area contributed by atoms with Crippen molar-refractivity contribution in [3.63, 3.8) is 0 Å². The molecular weight excluding hydrogens is 166 g/mol. The van der Waals surface area contributed by atoms with Gasteiger partial charge in [-0.15, -0.1) is 0 Å². The highest BCUT2D eigenvalue weighted by molar-refractivity contribution is 5.66. The first-order valence-corrected chi connectivity index (χ1v) is 4.63. The summed E-state index contributed by atoms with van der Waals surface area (Å²) < 4.78 is 0. The summed E-state index contributed by atoms with van der Waals surface area (Å²) in [5.74, 6) is -0.695. The van der Waals surface area contributed by atoms with E-state index in [1.807, 2.05) is 12.3 Å². The maximum atomic E-state index is 10.2. The second-order valence-corrected chi connectivity index (χ2v) is 3.15. The average molecular weight is 181 g/mol. The quantitative estimate of drug-likeness (QED) is 0.661. The third-order valence-corrected chi connectivity index (χ3v) is 2.00. The van der Waals surface area contributed by atoms with Crippen molar-refractivity contribution < 1.29 is 9.90 Å². The molecule has 0 aliphatic carbocycles. The van der Waals surface area contributed by atoms with Gasteiger partial charge in [-0.05, 0) is 31.4 Å². The first-order chi connectivity index (χ1) is 6.29. The van der Waals surface area contributed by atoms with Crippen molar-refractivity contribution >= 4 is 5.97 Å². The monoisotopic (exact) mass is 181 g/mol. The van der Waals surface area contributed by atoms with E-state index in [-0.39, 0.29) is 0 Å². The van der Waals surface area contributed by atoms with E-state index in [1.54, 1.807) is 0 Å². The molecule has 1 aromatic rings. The van der Waals surface area contributed by atoms with Crippen molar-refractivity contribution in [1.82, 2.24) is 4.98 Å². The zero-order valence-electron chi connectivity index (χ0n) is 7.62.